The molecule has 0 spiro atoms. The van der Waals surface area contributed by atoms with Gasteiger partial charge in [-0.1, -0.05) is 12.1 Å². The van der Waals surface area contributed by atoms with Crippen LogP contribution in [0.25, 0.3) is 0 Å². The molecule has 0 bridgehead atoms. The van der Waals surface area contributed by atoms with E-state index < -0.39 is 10.8 Å². The van der Waals surface area contributed by atoms with E-state index in [4.69, 9.17) is 0 Å². The van der Waals surface area contributed by atoms with E-state index in [1.807, 2.05) is 24.3 Å². The molecule has 1 N–H and O–H groups in total. The van der Waals surface area contributed by atoms with Crippen LogP contribution in [0.3, 0.4) is 0 Å². The second kappa shape index (κ2) is 6.27. The fourth-order valence-electron chi connectivity index (χ4n) is 1.71. The van der Waals surface area contributed by atoms with Gasteiger partial charge in [-0.2, -0.15) is 11.3 Å². The molecule has 2 atom stereocenters. The quantitative estimate of drug-likeness (QED) is 0.909. The van der Waals surface area contributed by atoms with Gasteiger partial charge in [0.25, 0.3) is 0 Å². The topological polar surface area (TPSA) is 29.1 Å². The van der Waals surface area contributed by atoms with Crippen molar-refractivity contribution >= 4 is 22.1 Å². The molecule has 0 aliphatic heterocycles. The molecule has 4 heteroatoms. The Morgan fingerprint density at radius 1 is 1.28 bits per heavy atom. The van der Waals surface area contributed by atoms with Crippen LogP contribution in [-0.2, 0) is 17.3 Å². The van der Waals surface area contributed by atoms with Gasteiger partial charge in [0, 0.05) is 34.5 Å². The Bertz CT molecular complexity index is 505. The molecule has 0 amide bonds. The molecule has 18 heavy (non-hydrogen) atoms. The standard InChI is InChI=1S/C14H17NOS2/c1-11(13-7-8-17-10-13)15-9-12-3-5-14(6-4-12)18(2)16/h3-8,10-11,15H,9H2,1-2H3/t11-,18-/m0/s1. The highest BCUT2D eigenvalue weighted by Crippen LogP contribution is 2.16. The molecule has 0 fully saturated rings. The van der Waals surface area contributed by atoms with E-state index >= 15 is 0 Å². The zero-order valence-corrected chi connectivity index (χ0v) is 12.2. The summed E-state index contributed by atoms with van der Waals surface area (Å²) >= 11 is 1.72. The fourth-order valence-corrected chi connectivity index (χ4v) is 2.98. The average molecular weight is 279 g/mol. The lowest BCUT2D eigenvalue weighted by Crippen LogP contribution is -2.17. The lowest BCUT2D eigenvalue weighted by atomic mass is 10.1. The zero-order chi connectivity index (χ0) is 13.0. The van der Waals surface area contributed by atoms with Crippen molar-refractivity contribution in [1.29, 1.82) is 0 Å². The van der Waals surface area contributed by atoms with Crippen LogP contribution in [0.5, 0.6) is 0 Å². The summed E-state index contributed by atoms with van der Waals surface area (Å²) in [6, 6.07) is 10.4. The first-order valence-corrected chi connectivity index (χ1v) is 8.35. The van der Waals surface area contributed by atoms with E-state index in [0.717, 1.165) is 11.4 Å². The monoisotopic (exact) mass is 279 g/mol. The largest absolute Gasteiger partial charge is 0.306 e. The summed E-state index contributed by atoms with van der Waals surface area (Å²) in [5, 5.41) is 7.74. The molecule has 0 aliphatic rings. The third-order valence-corrected chi connectivity index (χ3v) is 4.55. The maximum Gasteiger partial charge on any atom is 0.0498 e. The first-order valence-electron chi connectivity index (χ1n) is 5.84. The van der Waals surface area contributed by atoms with Gasteiger partial charge < -0.3 is 5.32 Å². The Morgan fingerprint density at radius 2 is 2.00 bits per heavy atom. The van der Waals surface area contributed by atoms with Crippen LogP contribution in [-0.4, -0.2) is 10.5 Å². The normalized spacial score (nSPS) is 14.3. The lowest BCUT2D eigenvalue weighted by Gasteiger charge is -2.12. The molecule has 2 rings (SSSR count). The molecule has 0 saturated heterocycles. The molecule has 2 aromatic rings. The molecular formula is C14H17NOS2. The Morgan fingerprint density at radius 3 is 2.56 bits per heavy atom. The molecule has 96 valence electrons. The van der Waals surface area contributed by atoms with Crippen molar-refractivity contribution in [1.82, 2.24) is 5.32 Å². The molecule has 1 heterocycles. The maximum absolute atomic E-state index is 11.3. The fraction of sp³-hybridized carbons (Fsp3) is 0.286. The molecule has 0 radical (unpaired) electrons. The van der Waals surface area contributed by atoms with Crippen LogP contribution in [0.15, 0.2) is 46.0 Å². The van der Waals surface area contributed by atoms with Crippen molar-refractivity contribution < 1.29 is 4.21 Å². The number of hydrogen-bond donors (Lipinski definition) is 1. The second-order valence-corrected chi connectivity index (χ2v) is 6.42. The summed E-state index contributed by atoms with van der Waals surface area (Å²) in [7, 11) is -0.893. The Labute approximate surface area is 115 Å². The summed E-state index contributed by atoms with van der Waals surface area (Å²) in [4.78, 5) is 0.879. The molecule has 0 aliphatic carbocycles. The second-order valence-electron chi connectivity index (χ2n) is 4.26. The van der Waals surface area contributed by atoms with E-state index in [1.54, 1.807) is 17.6 Å². The Kier molecular flexibility index (Phi) is 4.69. The summed E-state index contributed by atoms with van der Waals surface area (Å²) in [5.41, 5.74) is 2.54. The van der Waals surface area contributed by atoms with Gasteiger partial charge >= 0.3 is 0 Å². The smallest absolute Gasteiger partial charge is 0.0498 e. The van der Waals surface area contributed by atoms with Gasteiger partial charge in [0.1, 0.15) is 0 Å². The van der Waals surface area contributed by atoms with Crippen molar-refractivity contribution in [2.75, 3.05) is 6.26 Å². The lowest BCUT2D eigenvalue weighted by molar-refractivity contribution is 0.576. The summed E-state index contributed by atoms with van der Waals surface area (Å²) in [6.45, 7) is 2.99. The van der Waals surface area contributed by atoms with Crippen LogP contribution in [0.4, 0.5) is 0 Å². The van der Waals surface area contributed by atoms with Gasteiger partial charge in [-0.25, -0.2) is 0 Å². The Hall–Kier alpha value is -0.970. The summed E-state index contributed by atoms with van der Waals surface area (Å²) in [5.74, 6) is 0. The molecule has 1 aromatic carbocycles. The van der Waals surface area contributed by atoms with Gasteiger partial charge in [-0.15, -0.1) is 0 Å². The zero-order valence-electron chi connectivity index (χ0n) is 10.6. The van der Waals surface area contributed by atoms with Gasteiger partial charge in [-0.3, -0.25) is 4.21 Å². The van der Waals surface area contributed by atoms with Crippen molar-refractivity contribution in [3.05, 3.63) is 52.2 Å². The molecule has 0 unspecified atom stereocenters. The minimum absolute atomic E-state index is 0.358. The van der Waals surface area contributed by atoms with Crippen LogP contribution >= 0.6 is 11.3 Å². The van der Waals surface area contributed by atoms with E-state index in [9.17, 15) is 4.21 Å². The average Bonchev–Trinajstić information content (AvgIpc) is 2.90. The SMILES string of the molecule is C[C@H](NCc1ccc([S@](C)=O)cc1)c1ccsc1. The number of benzene rings is 1. The third-order valence-electron chi connectivity index (χ3n) is 2.91. The summed E-state index contributed by atoms with van der Waals surface area (Å²) < 4.78 is 11.3. The van der Waals surface area contributed by atoms with E-state index in [-0.39, 0.29) is 0 Å². The van der Waals surface area contributed by atoms with Crippen molar-refractivity contribution in [2.45, 2.75) is 24.4 Å². The first-order chi connectivity index (χ1) is 8.66. The van der Waals surface area contributed by atoms with Crippen molar-refractivity contribution in [3.63, 3.8) is 0 Å². The number of nitrogens with one attached hydrogen (secondary N) is 1. The van der Waals surface area contributed by atoms with Gasteiger partial charge in [0.2, 0.25) is 0 Å². The van der Waals surface area contributed by atoms with E-state index in [2.05, 4.69) is 29.1 Å². The maximum atomic E-state index is 11.3. The summed E-state index contributed by atoms with van der Waals surface area (Å²) in [6.07, 6.45) is 1.70. The molecular weight excluding hydrogens is 262 g/mol. The highest BCUT2D eigenvalue weighted by Gasteiger charge is 2.05. The first kappa shape index (κ1) is 13.5. The highest BCUT2D eigenvalue weighted by atomic mass is 32.2. The minimum Gasteiger partial charge on any atom is -0.306 e. The van der Waals surface area contributed by atoms with Crippen LogP contribution in [0.2, 0.25) is 0 Å². The molecule has 0 saturated carbocycles. The van der Waals surface area contributed by atoms with Gasteiger partial charge in [-0.05, 0) is 47.0 Å². The van der Waals surface area contributed by atoms with Crippen molar-refractivity contribution in [3.8, 4) is 0 Å². The number of hydrogen-bond acceptors (Lipinski definition) is 3. The minimum atomic E-state index is -0.893. The van der Waals surface area contributed by atoms with Gasteiger partial charge in [0.05, 0.1) is 0 Å². The van der Waals surface area contributed by atoms with Crippen LogP contribution < -0.4 is 5.32 Å². The van der Waals surface area contributed by atoms with Gasteiger partial charge in [0.15, 0.2) is 0 Å². The van der Waals surface area contributed by atoms with Crippen LogP contribution in [0.1, 0.15) is 24.1 Å². The number of rotatable bonds is 5. The van der Waals surface area contributed by atoms with E-state index in [1.165, 1.54) is 11.1 Å². The predicted molar refractivity (Wildman–Crippen MR) is 78.3 cm³/mol. The van der Waals surface area contributed by atoms with E-state index in [0.29, 0.717) is 6.04 Å². The molecule has 2 nitrogen and oxygen atoms in total. The van der Waals surface area contributed by atoms with Crippen LogP contribution in [0, 0.1) is 0 Å². The highest BCUT2D eigenvalue weighted by molar-refractivity contribution is 7.84. The predicted octanol–water partition coefficient (Wildman–Crippen LogP) is 3.34. The number of thiophene rings is 1. The van der Waals surface area contributed by atoms with Crippen molar-refractivity contribution in [2.24, 2.45) is 0 Å². The molecule has 1 aromatic heterocycles. The Balaban J connectivity index is 1.92. The third kappa shape index (κ3) is 3.51.